The molecule has 0 radical (unpaired) electrons. The topological polar surface area (TPSA) is 67.4 Å². The molecule has 1 heterocycles. The summed E-state index contributed by atoms with van der Waals surface area (Å²) in [6, 6.07) is 29.6. The van der Waals surface area contributed by atoms with E-state index in [0.717, 1.165) is 45.7 Å². The Morgan fingerprint density at radius 3 is 2.41 bits per heavy atom. The SMILES string of the molecule is Cc1cccc(C)c1NS(=O)(=O)c1ccc2c(c1)C1C=CCC1C(c1ccccc1OCc1ccccc1)N2. The summed E-state index contributed by atoms with van der Waals surface area (Å²) >= 11 is 0. The summed E-state index contributed by atoms with van der Waals surface area (Å²) in [6.45, 7) is 4.33. The zero-order valence-corrected chi connectivity index (χ0v) is 22.9. The Morgan fingerprint density at radius 2 is 1.62 bits per heavy atom. The van der Waals surface area contributed by atoms with Gasteiger partial charge in [-0.15, -0.1) is 0 Å². The molecular weight excluding hydrogens is 504 g/mol. The minimum absolute atomic E-state index is 0.0414. The standard InChI is InChI=1S/C33H32N2O3S/c1-22-10-8-11-23(2)32(22)35-39(36,37)25-18-19-30-29(20-25)26-15-9-16-27(26)33(34-30)28-14-6-7-17-31(28)38-21-24-12-4-3-5-13-24/h3-15,17-20,26-27,33-35H,16,21H2,1-2H3. The summed E-state index contributed by atoms with van der Waals surface area (Å²) in [7, 11) is -3.75. The number of rotatable bonds is 7. The molecule has 5 nitrogen and oxygen atoms in total. The van der Waals surface area contributed by atoms with Crippen molar-refractivity contribution >= 4 is 21.4 Å². The van der Waals surface area contributed by atoms with Gasteiger partial charge in [-0.3, -0.25) is 4.72 Å². The fraction of sp³-hybridized carbons (Fsp3) is 0.212. The van der Waals surface area contributed by atoms with Gasteiger partial charge in [-0.05, 0) is 72.7 Å². The Morgan fingerprint density at radius 1 is 0.872 bits per heavy atom. The Labute approximate surface area is 230 Å². The zero-order chi connectivity index (χ0) is 27.0. The van der Waals surface area contributed by atoms with E-state index in [9.17, 15) is 8.42 Å². The van der Waals surface area contributed by atoms with Crippen LogP contribution in [-0.2, 0) is 16.6 Å². The van der Waals surface area contributed by atoms with Crippen molar-refractivity contribution in [2.45, 2.75) is 43.7 Å². The van der Waals surface area contributed by atoms with Gasteiger partial charge in [-0.1, -0.05) is 78.9 Å². The minimum atomic E-state index is -3.75. The molecule has 0 saturated heterocycles. The van der Waals surface area contributed by atoms with E-state index in [4.69, 9.17) is 4.74 Å². The van der Waals surface area contributed by atoms with E-state index in [1.54, 1.807) is 6.07 Å². The highest BCUT2D eigenvalue weighted by Gasteiger charge is 2.39. The summed E-state index contributed by atoms with van der Waals surface area (Å²) in [5.74, 6) is 1.23. The highest BCUT2D eigenvalue weighted by atomic mass is 32.2. The number of para-hydroxylation sites is 2. The Bertz CT molecular complexity index is 1630. The molecule has 0 amide bonds. The molecule has 3 unspecified atom stereocenters. The van der Waals surface area contributed by atoms with Crippen LogP contribution in [0.25, 0.3) is 0 Å². The van der Waals surface area contributed by atoms with Crippen molar-refractivity contribution in [3.63, 3.8) is 0 Å². The van der Waals surface area contributed by atoms with E-state index in [-0.39, 0.29) is 22.8 Å². The molecule has 4 aromatic carbocycles. The number of allylic oxidation sites excluding steroid dienone is 2. The largest absolute Gasteiger partial charge is 0.489 e. The first-order valence-electron chi connectivity index (χ1n) is 13.3. The van der Waals surface area contributed by atoms with Crippen LogP contribution in [0.1, 0.15) is 46.2 Å². The van der Waals surface area contributed by atoms with Crippen LogP contribution in [0.15, 0.2) is 108 Å². The fourth-order valence-electron chi connectivity index (χ4n) is 5.82. The summed E-state index contributed by atoms with van der Waals surface area (Å²) in [5.41, 5.74) is 6.64. The van der Waals surface area contributed by atoms with E-state index in [1.807, 2.05) is 80.6 Å². The third-order valence-corrected chi connectivity index (χ3v) is 9.20. The normalized spacial score (nSPS) is 19.6. The molecule has 39 heavy (non-hydrogen) atoms. The van der Waals surface area contributed by atoms with E-state index in [1.165, 1.54) is 0 Å². The van der Waals surface area contributed by atoms with Gasteiger partial charge in [-0.2, -0.15) is 0 Å². The van der Waals surface area contributed by atoms with Gasteiger partial charge < -0.3 is 10.1 Å². The number of aryl methyl sites for hydroxylation is 2. The second-order valence-corrected chi connectivity index (χ2v) is 12.1. The number of fused-ring (bicyclic) bond motifs is 3. The first-order valence-corrected chi connectivity index (χ1v) is 14.8. The molecular formula is C33H32N2O3S. The van der Waals surface area contributed by atoms with E-state index in [0.29, 0.717) is 12.3 Å². The van der Waals surface area contributed by atoms with Crippen molar-refractivity contribution in [3.05, 3.63) is 131 Å². The van der Waals surface area contributed by atoms with E-state index >= 15 is 0 Å². The average molecular weight is 537 g/mol. The smallest absolute Gasteiger partial charge is 0.261 e. The second-order valence-electron chi connectivity index (χ2n) is 10.4. The molecule has 4 aromatic rings. The van der Waals surface area contributed by atoms with Gasteiger partial charge in [0.2, 0.25) is 0 Å². The lowest BCUT2D eigenvalue weighted by atomic mass is 9.77. The highest BCUT2D eigenvalue weighted by Crippen LogP contribution is 2.51. The maximum Gasteiger partial charge on any atom is 0.261 e. The number of hydrogen-bond donors (Lipinski definition) is 2. The molecule has 2 N–H and O–H groups in total. The van der Waals surface area contributed by atoms with Crippen LogP contribution in [0.4, 0.5) is 11.4 Å². The molecule has 0 spiro atoms. The Hall–Kier alpha value is -4.03. The summed E-state index contributed by atoms with van der Waals surface area (Å²) in [4.78, 5) is 0.273. The van der Waals surface area contributed by atoms with E-state index < -0.39 is 10.0 Å². The number of sulfonamides is 1. The molecule has 1 aliphatic carbocycles. The maximum absolute atomic E-state index is 13.4. The molecule has 0 bridgehead atoms. The first-order chi connectivity index (χ1) is 18.9. The lowest BCUT2D eigenvalue weighted by Crippen LogP contribution is -2.29. The maximum atomic E-state index is 13.4. The minimum Gasteiger partial charge on any atom is -0.489 e. The quantitative estimate of drug-likeness (QED) is 0.240. The second kappa shape index (κ2) is 10.3. The third kappa shape index (κ3) is 4.92. The highest BCUT2D eigenvalue weighted by molar-refractivity contribution is 7.92. The average Bonchev–Trinajstić information content (AvgIpc) is 3.45. The molecule has 2 aliphatic rings. The van der Waals surface area contributed by atoms with Crippen molar-refractivity contribution in [1.29, 1.82) is 0 Å². The van der Waals surface area contributed by atoms with Gasteiger partial charge >= 0.3 is 0 Å². The van der Waals surface area contributed by atoms with Gasteiger partial charge in [0, 0.05) is 17.2 Å². The van der Waals surface area contributed by atoms with Crippen molar-refractivity contribution in [2.24, 2.45) is 5.92 Å². The predicted molar refractivity (Wildman–Crippen MR) is 157 cm³/mol. The van der Waals surface area contributed by atoms with Crippen LogP contribution in [0, 0.1) is 19.8 Å². The molecule has 6 rings (SSSR count). The lowest BCUT2D eigenvalue weighted by molar-refractivity contribution is 0.296. The first kappa shape index (κ1) is 25.3. The predicted octanol–water partition coefficient (Wildman–Crippen LogP) is 7.51. The fourth-order valence-corrected chi connectivity index (χ4v) is 7.06. The molecule has 0 saturated carbocycles. The monoisotopic (exact) mass is 536 g/mol. The molecule has 3 atom stereocenters. The molecule has 6 heteroatoms. The summed E-state index contributed by atoms with van der Waals surface area (Å²) in [5, 5.41) is 3.73. The van der Waals surface area contributed by atoms with Crippen LogP contribution in [-0.4, -0.2) is 8.42 Å². The van der Waals surface area contributed by atoms with Crippen molar-refractivity contribution < 1.29 is 13.2 Å². The van der Waals surface area contributed by atoms with Crippen LogP contribution >= 0.6 is 0 Å². The van der Waals surface area contributed by atoms with Gasteiger partial charge in [0.15, 0.2) is 0 Å². The molecule has 1 aliphatic heterocycles. The molecule has 0 fully saturated rings. The number of benzene rings is 4. The van der Waals surface area contributed by atoms with Crippen molar-refractivity contribution in [1.82, 2.24) is 0 Å². The van der Waals surface area contributed by atoms with Crippen LogP contribution < -0.4 is 14.8 Å². The number of ether oxygens (including phenoxy) is 1. The summed E-state index contributed by atoms with van der Waals surface area (Å²) < 4.78 is 36.0. The van der Waals surface area contributed by atoms with Crippen molar-refractivity contribution in [3.8, 4) is 5.75 Å². The van der Waals surface area contributed by atoms with Gasteiger partial charge in [-0.25, -0.2) is 8.42 Å². The van der Waals surface area contributed by atoms with Crippen molar-refractivity contribution in [2.75, 3.05) is 10.0 Å². The van der Waals surface area contributed by atoms with Gasteiger partial charge in [0.1, 0.15) is 12.4 Å². The number of nitrogens with one attached hydrogen (secondary N) is 2. The van der Waals surface area contributed by atoms with Crippen LogP contribution in [0.3, 0.4) is 0 Å². The van der Waals surface area contributed by atoms with Crippen LogP contribution in [0.5, 0.6) is 5.75 Å². The summed E-state index contributed by atoms with van der Waals surface area (Å²) in [6.07, 6.45) is 5.34. The third-order valence-electron chi connectivity index (χ3n) is 7.85. The van der Waals surface area contributed by atoms with Gasteiger partial charge in [0.05, 0.1) is 16.6 Å². The molecule has 198 valence electrons. The zero-order valence-electron chi connectivity index (χ0n) is 22.1. The Kier molecular flexibility index (Phi) is 6.65. The van der Waals surface area contributed by atoms with Crippen LogP contribution in [0.2, 0.25) is 0 Å². The number of hydrogen-bond acceptors (Lipinski definition) is 4. The van der Waals surface area contributed by atoms with E-state index in [2.05, 4.69) is 40.4 Å². The number of anilines is 2. The van der Waals surface area contributed by atoms with Gasteiger partial charge in [0.25, 0.3) is 10.0 Å². The Balaban J connectivity index is 1.30. The molecule has 0 aromatic heterocycles. The lowest BCUT2D eigenvalue weighted by Gasteiger charge is -2.38.